The zero-order valence-electron chi connectivity index (χ0n) is 11.0. The molecule has 88 valence electrons. The van der Waals surface area contributed by atoms with Crippen molar-refractivity contribution < 1.29 is 0 Å². The summed E-state index contributed by atoms with van der Waals surface area (Å²) in [4.78, 5) is 4.52. The monoisotopic (exact) mass is 225 g/mol. The van der Waals surface area contributed by atoms with Gasteiger partial charge >= 0.3 is 0 Å². The molecule has 0 fully saturated rings. The summed E-state index contributed by atoms with van der Waals surface area (Å²) >= 11 is 0. The van der Waals surface area contributed by atoms with Crippen molar-refractivity contribution in [3.63, 3.8) is 0 Å². The molecule has 0 aliphatic carbocycles. The number of hydrogen-bond acceptors (Lipinski definition) is 1. The van der Waals surface area contributed by atoms with E-state index in [1.807, 2.05) is 6.20 Å². The summed E-state index contributed by atoms with van der Waals surface area (Å²) in [6.07, 6.45) is 1.98. The zero-order valence-corrected chi connectivity index (χ0v) is 11.0. The van der Waals surface area contributed by atoms with E-state index in [0.717, 1.165) is 5.69 Å². The van der Waals surface area contributed by atoms with E-state index < -0.39 is 0 Å². The van der Waals surface area contributed by atoms with Crippen molar-refractivity contribution in [3.8, 4) is 11.3 Å². The fourth-order valence-electron chi connectivity index (χ4n) is 2.04. The topological polar surface area (TPSA) is 12.9 Å². The molecule has 1 heteroatoms. The minimum Gasteiger partial charge on any atom is -0.256 e. The van der Waals surface area contributed by atoms with Gasteiger partial charge in [0.05, 0.1) is 5.69 Å². The van der Waals surface area contributed by atoms with Crippen molar-refractivity contribution in [3.05, 3.63) is 53.2 Å². The molecule has 0 radical (unpaired) electrons. The summed E-state index contributed by atoms with van der Waals surface area (Å²) in [6.45, 7) is 8.68. The second-order valence-electron chi connectivity index (χ2n) is 4.95. The molecule has 0 unspecified atom stereocenters. The van der Waals surface area contributed by atoms with Crippen LogP contribution in [0.2, 0.25) is 0 Å². The first-order valence-corrected chi connectivity index (χ1v) is 6.11. The minimum atomic E-state index is 0.544. The molecule has 0 bridgehead atoms. The normalized spacial score (nSPS) is 10.9. The molecule has 0 spiro atoms. The molecular formula is C16H19N. The Bertz CT molecular complexity index is 510. The van der Waals surface area contributed by atoms with E-state index in [0.29, 0.717) is 5.92 Å². The first-order valence-electron chi connectivity index (χ1n) is 6.11. The standard InChI is InChI=1S/C16H19N/c1-11(2)15-9-16(17-10-13(15)4)14-7-5-12(3)6-8-14/h5-11H,1-4H3. The molecule has 0 amide bonds. The van der Waals surface area contributed by atoms with Gasteiger partial charge in [-0.25, -0.2) is 0 Å². The molecule has 1 aromatic heterocycles. The van der Waals surface area contributed by atoms with E-state index in [1.54, 1.807) is 0 Å². The van der Waals surface area contributed by atoms with Crippen LogP contribution in [0.3, 0.4) is 0 Å². The molecule has 2 aromatic rings. The highest BCUT2D eigenvalue weighted by molar-refractivity contribution is 5.60. The van der Waals surface area contributed by atoms with Crippen LogP contribution in [0.25, 0.3) is 11.3 Å². The molecule has 0 aliphatic rings. The Kier molecular flexibility index (Phi) is 3.28. The Morgan fingerprint density at radius 2 is 1.65 bits per heavy atom. The van der Waals surface area contributed by atoms with E-state index in [4.69, 9.17) is 0 Å². The average molecular weight is 225 g/mol. The van der Waals surface area contributed by atoms with Crippen molar-refractivity contribution in [2.24, 2.45) is 0 Å². The number of benzene rings is 1. The number of aryl methyl sites for hydroxylation is 2. The van der Waals surface area contributed by atoms with Gasteiger partial charge in [-0.2, -0.15) is 0 Å². The van der Waals surface area contributed by atoms with Crippen molar-refractivity contribution in [2.45, 2.75) is 33.6 Å². The third-order valence-corrected chi connectivity index (χ3v) is 3.11. The van der Waals surface area contributed by atoms with Gasteiger partial charge in [0, 0.05) is 11.8 Å². The SMILES string of the molecule is Cc1ccc(-c2cc(C(C)C)c(C)cn2)cc1. The van der Waals surface area contributed by atoms with Crippen LogP contribution >= 0.6 is 0 Å². The van der Waals surface area contributed by atoms with Crippen LogP contribution in [-0.4, -0.2) is 4.98 Å². The Hall–Kier alpha value is -1.63. The van der Waals surface area contributed by atoms with E-state index in [9.17, 15) is 0 Å². The highest BCUT2D eigenvalue weighted by Crippen LogP contribution is 2.24. The van der Waals surface area contributed by atoms with E-state index >= 15 is 0 Å². The fourth-order valence-corrected chi connectivity index (χ4v) is 2.04. The van der Waals surface area contributed by atoms with Crippen LogP contribution in [-0.2, 0) is 0 Å². The van der Waals surface area contributed by atoms with E-state index in [2.05, 4.69) is 63.0 Å². The molecule has 0 aliphatic heterocycles. The molecule has 0 atom stereocenters. The first kappa shape index (κ1) is 11.8. The molecule has 17 heavy (non-hydrogen) atoms. The Labute approximate surface area is 104 Å². The van der Waals surface area contributed by atoms with E-state index in [-0.39, 0.29) is 0 Å². The lowest BCUT2D eigenvalue weighted by molar-refractivity contribution is 0.852. The summed E-state index contributed by atoms with van der Waals surface area (Å²) in [5.74, 6) is 0.544. The maximum atomic E-state index is 4.52. The summed E-state index contributed by atoms with van der Waals surface area (Å²) in [5, 5.41) is 0. The van der Waals surface area contributed by atoms with Crippen LogP contribution in [0, 0.1) is 13.8 Å². The van der Waals surface area contributed by atoms with Crippen LogP contribution in [0.15, 0.2) is 36.5 Å². The van der Waals surface area contributed by atoms with Crippen LogP contribution < -0.4 is 0 Å². The summed E-state index contributed by atoms with van der Waals surface area (Å²) in [5.41, 5.74) is 6.20. The number of rotatable bonds is 2. The molecule has 2 rings (SSSR count). The first-order chi connectivity index (χ1) is 8.08. The van der Waals surface area contributed by atoms with Crippen molar-refractivity contribution >= 4 is 0 Å². The van der Waals surface area contributed by atoms with Gasteiger partial charge in [0.25, 0.3) is 0 Å². The smallest absolute Gasteiger partial charge is 0.0705 e. The molecule has 0 N–H and O–H groups in total. The van der Waals surface area contributed by atoms with Crippen molar-refractivity contribution in [1.82, 2.24) is 4.98 Å². The lowest BCUT2D eigenvalue weighted by Crippen LogP contribution is -1.95. The van der Waals surface area contributed by atoms with Crippen molar-refractivity contribution in [2.75, 3.05) is 0 Å². The van der Waals surface area contributed by atoms with Gasteiger partial charge in [-0.1, -0.05) is 43.7 Å². The van der Waals surface area contributed by atoms with Gasteiger partial charge in [0.15, 0.2) is 0 Å². The predicted octanol–water partition coefficient (Wildman–Crippen LogP) is 4.49. The third kappa shape index (κ3) is 2.55. The summed E-state index contributed by atoms with van der Waals surface area (Å²) < 4.78 is 0. The second-order valence-corrected chi connectivity index (χ2v) is 4.95. The predicted molar refractivity (Wildman–Crippen MR) is 73.2 cm³/mol. The average Bonchev–Trinajstić information content (AvgIpc) is 2.30. The molecular weight excluding hydrogens is 206 g/mol. The number of hydrogen-bond donors (Lipinski definition) is 0. The number of aromatic nitrogens is 1. The minimum absolute atomic E-state index is 0.544. The second kappa shape index (κ2) is 4.70. The number of pyridine rings is 1. The van der Waals surface area contributed by atoms with Gasteiger partial charge in [-0.15, -0.1) is 0 Å². The van der Waals surface area contributed by atoms with Crippen LogP contribution in [0.1, 0.15) is 36.5 Å². The largest absolute Gasteiger partial charge is 0.256 e. The molecule has 0 saturated carbocycles. The van der Waals surface area contributed by atoms with Gasteiger partial charge < -0.3 is 0 Å². The van der Waals surface area contributed by atoms with Crippen LogP contribution in [0.4, 0.5) is 0 Å². The maximum absolute atomic E-state index is 4.52. The fraction of sp³-hybridized carbons (Fsp3) is 0.312. The lowest BCUT2D eigenvalue weighted by atomic mass is 9.97. The molecule has 1 heterocycles. The maximum Gasteiger partial charge on any atom is 0.0705 e. The van der Waals surface area contributed by atoms with Gasteiger partial charge in [0.2, 0.25) is 0 Å². The van der Waals surface area contributed by atoms with Gasteiger partial charge in [-0.05, 0) is 37.0 Å². The Morgan fingerprint density at radius 1 is 1.00 bits per heavy atom. The van der Waals surface area contributed by atoms with Gasteiger partial charge in [-0.3, -0.25) is 4.98 Å². The Balaban J connectivity index is 2.46. The molecule has 1 aromatic carbocycles. The van der Waals surface area contributed by atoms with Gasteiger partial charge in [0.1, 0.15) is 0 Å². The quantitative estimate of drug-likeness (QED) is 0.734. The summed E-state index contributed by atoms with van der Waals surface area (Å²) in [6, 6.07) is 10.7. The summed E-state index contributed by atoms with van der Waals surface area (Å²) in [7, 11) is 0. The molecule has 1 nitrogen and oxygen atoms in total. The zero-order chi connectivity index (χ0) is 12.4. The highest BCUT2D eigenvalue weighted by atomic mass is 14.7. The van der Waals surface area contributed by atoms with Crippen molar-refractivity contribution in [1.29, 1.82) is 0 Å². The molecule has 0 saturated heterocycles. The highest BCUT2D eigenvalue weighted by Gasteiger charge is 2.06. The van der Waals surface area contributed by atoms with Crippen LogP contribution in [0.5, 0.6) is 0 Å². The Morgan fingerprint density at radius 3 is 2.24 bits per heavy atom. The number of nitrogens with zero attached hydrogens (tertiary/aromatic N) is 1. The van der Waals surface area contributed by atoms with E-state index in [1.165, 1.54) is 22.3 Å². The third-order valence-electron chi connectivity index (χ3n) is 3.11. The lowest BCUT2D eigenvalue weighted by Gasteiger charge is -2.11.